The van der Waals surface area contributed by atoms with E-state index in [0.29, 0.717) is 13.0 Å². The first-order valence-electron chi connectivity index (χ1n) is 11.7. The van der Waals surface area contributed by atoms with Crippen LogP contribution in [0.15, 0.2) is 48.0 Å². The molecule has 0 radical (unpaired) electrons. The predicted molar refractivity (Wildman–Crippen MR) is 129 cm³/mol. The maximum absolute atomic E-state index is 13.3. The summed E-state index contributed by atoms with van der Waals surface area (Å²) < 4.78 is 19.2. The number of amides is 1. The van der Waals surface area contributed by atoms with Crippen LogP contribution in [0.3, 0.4) is 0 Å². The van der Waals surface area contributed by atoms with E-state index >= 15 is 0 Å². The molecule has 1 aromatic carbocycles. The highest BCUT2D eigenvalue weighted by molar-refractivity contribution is 6.01. The Balaban J connectivity index is 1.58. The number of pyridine rings is 1. The fourth-order valence-electron chi connectivity index (χ4n) is 3.81. The summed E-state index contributed by atoms with van der Waals surface area (Å²) in [7, 11) is 2.14. The Morgan fingerprint density at radius 1 is 1.24 bits per heavy atom. The lowest BCUT2D eigenvalue weighted by Gasteiger charge is -2.32. The number of piperazine rings is 1. The highest BCUT2D eigenvalue weighted by atomic mass is 19.1. The van der Waals surface area contributed by atoms with Crippen LogP contribution in [-0.4, -0.2) is 67.1 Å². The van der Waals surface area contributed by atoms with Gasteiger partial charge < -0.3 is 15.0 Å². The zero-order chi connectivity index (χ0) is 24.3. The van der Waals surface area contributed by atoms with Crippen molar-refractivity contribution in [1.29, 1.82) is 5.26 Å². The minimum atomic E-state index is -0.666. The van der Waals surface area contributed by atoms with Crippen LogP contribution in [0.5, 0.6) is 5.75 Å². The van der Waals surface area contributed by atoms with Crippen molar-refractivity contribution in [2.45, 2.75) is 25.8 Å². The molecule has 1 N–H and O–H groups in total. The molecule has 3 rings (SSSR count). The molecule has 1 unspecified atom stereocenters. The molecule has 34 heavy (non-hydrogen) atoms. The zero-order valence-electron chi connectivity index (χ0n) is 19.8. The second-order valence-corrected chi connectivity index (χ2v) is 8.43. The van der Waals surface area contributed by atoms with Crippen molar-refractivity contribution < 1.29 is 13.9 Å². The molecule has 2 heterocycles. The quantitative estimate of drug-likeness (QED) is 0.329. The van der Waals surface area contributed by atoms with E-state index in [4.69, 9.17) is 4.74 Å². The third-order valence-corrected chi connectivity index (χ3v) is 5.83. The van der Waals surface area contributed by atoms with E-state index in [1.165, 1.54) is 18.2 Å². The third-order valence-electron chi connectivity index (χ3n) is 5.83. The molecule has 7 nitrogen and oxygen atoms in total. The molecule has 0 bridgehead atoms. The molecule has 1 saturated heterocycles. The third kappa shape index (κ3) is 7.65. The molecular formula is C26H32FN5O2. The number of nitrogens with zero attached hydrogens (tertiary/aromatic N) is 4. The standard InChI is InChI=1S/C26H32FN5O2/c1-3-5-24(30-26(33)21(19-28)18-22-6-4-7-25(27)29-22)20-8-10-23(11-9-20)34-17-16-32-14-12-31(2)13-15-32/h4,6-11,18,24H,3,5,12-17H2,1-2H3,(H,30,33)/b21-18+. The van der Waals surface area contributed by atoms with Crippen molar-refractivity contribution in [3.63, 3.8) is 0 Å². The summed E-state index contributed by atoms with van der Waals surface area (Å²) in [6.07, 6.45) is 2.86. The summed E-state index contributed by atoms with van der Waals surface area (Å²) in [6, 6.07) is 13.6. The first kappa shape index (κ1) is 25.3. The maximum Gasteiger partial charge on any atom is 0.262 e. The van der Waals surface area contributed by atoms with Crippen molar-refractivity contribution >= 4 is 12.0 Å². The minimum Gasteiger partial charge on any atom is -0.492 e. The molecule has 1 aliphatic rings. The summed E-state index contributed by atoms with van der Waals surface area (Å²) in [6.45, 7) is 7.85. The van der Waals surface area contributed by atoms with Gasteiger partial charge in [0.2, 0.25) is 5.95 Å². The van der Waals surface area contributed by atoms with Gasteiger partial charge in [-0.25, -0.2) is 4.98 Å². The van der Waals surface area contributed by atoms with Crippen LogP contribution in [0.25, 0.3) is 6.08 Å². The lowest BCUT2D eigenvalue weighted by molar-refractivity contribution is -0.117. The van der Waals surface area contributed by atoms with Gasteiger partial charge in [0.25, 0.3) is 5.91 Å². The van der Waals surface area contributed by atoms with Gasteiger partial charge in [0.1, 0.15) is 24.0 Å². The molecule has 1 atom stereocenters. The lowest BCUT2D eigenvalue weighted by Crippen LogP contribution is -2.45. The van der Waals surface area contributed by atoms with Crippen LogP contribution in [0.1, 0.15) is 37.1 Å². The largest absolute Gasteiger partial charge is 0.492 e. The Kier molecular flexibility index (Phi) is 9.56. The molecular weight excluding hydrogens is 433 g/mol. The van der Waals surface area contributed by atoms with Gasteiger partial charge in [-0.3, -0.25) is 9.69 Å². The summed E-state index contributed by atoms with van der Waals surface area (Å²) in [4.78, 5) is 21.2. The summed E-state index contributed by atoms with van der Waals surface area (Å²) in [5, 5.41) is 12.4. The number of nitrogens with one attached hydrogen (secondary N) is 1. The number of benzene rings is 1. The number of halogens is 1. The minimum absolute atomic E-state index is 0.122. The van der Waals surface area contributed by atoms with Gasteiger partial charge >= 0.3 is 0 Å². The number of nitriles is 1. The Bertz CT molecular complexity index is 1010. The number of likely N-dealkylation sites (N-methyl/N-ethyl adjacent to an activating group) is 1. The van der Waals surface area contributed by atoms with E-state index in [1.54, 1.807) is 6.07 Å². The zero-order valence-corrected chi connectivity index (χ0v) is 19.8. The van der Waals surface area contributed by atoms with Gasteiger partial charge in [-0.15, -0.1) is 0 Å². The molecule has 0 saturated carbocycles. The molecule has 1 fully saturated rings. The number of carbonyl (C=O) groups excluding carboxylic acids is 1. The number of rotatable bonds is 10. The Morgan fingerprint density at radius 3 is 2.62 bits per heavy atom. The fourth-order valence-corrected chi connectivity index (χ4v) is 3.81. The first-order valence-corrected chi connectivity index (χ1v) is 11.7. The van der Waals surface area contributed by atoms with Crippen molar-refractivity contribution in [3.05, 3.63) is 65.2 Å². The van der Waals surface area contributed by atoms with Gasteiger partial charge in [-0.05, 0) is 49.4 Å². The topological polar surface area (TPSA) is 81.5 Å². The fraction of sp³-hybridized carbons (Fsp3) is 0.423. The average molecular weight is 466 g/mol. The van der Waals surface area contributed by atoms with Crippen molar-refractivity contribution in [3.8, 4) is 11.8 Å². The maximum atomic E-state index is 13.3. The van der Waals surface area contributed by atoms with Gasteiger partial charge in [0, 0.05) is 32.7 Å². The number of hydrogen-bond acceptors (Lipinski definition) is 6. The highest BCUT2D eigenvalue weighted by Crippen LogP contribution is 2.22. The SMILES string of the molecule is CCCC(NC(=O)/C(C#N)=C/c1cccc(F)n1)c1ccc(OCCN2CCN(C)CC2)cc1. The molecule has 0 spiro atoms. The Hall–Kier alpha value is -3.28. The summed E-state index contributed by atoms with van der Waals surface area (Å²) in [5.74, 6) is -0.394. The second kappa shape index (κ2) is 12.8. The Morgan fingerprint density at radius 2 is 1.97 bits per heavy atom. The molecule has 2 aromatic rings. The highest BCUT2D eigenvalue weighted by Gasteiger charge is 2.18. The van der Waals surface area contributed by atoms with Crippen LogP contribution >= 0.6 is 0 Å². The summed E-state index contributed by atoms with van der Waals surface area (Å²) >= 11 is 0. The first-order chi connectivity index (χ1) is 16.5. The van der Waals surface area contributed by atoms with Crippen molar-refractivity contribution in [1.82, 2.24) is 20.1 Å². The smallest absolute Gasteiger partial charge is 0.262 e. The van der Waals surface area contributed by atoms with E-state index in [1.807, 2.05) is 37.3 Å². The molecule has 0 aliphatic carbocycles. The van der Waals surface area contributed by atoms with E-state index in [9.17, 15) is 14.4 Å². The number of aromatic nitrogens is 1. The van der Waals surface area contributed by atoms with Crippen LogP contribution < -0.4 is 10.1 Å². The number of ether oxygens (including phenoxy) is 1. The van der Waals surface area contributed by atoms with Crippen molar-refractivity contribution in [2.75, 3.05) is 46.4 Å². The molecule has 1 aromatic heterocycles. The number of hydrogen-bond donors (Lipinski definition) is 1. The van der Waals surface area contributed by atoms with Gasteiger partial charge in [0.05, 0.1) is 11.7 Å². The van der Waals surface area contributed by atoms with Crippen LogP contribution in [0, 0.1) is 17.3 Å². The number of carbonyl (C=O) groups is 1. The molecule has 1 amide bonds. The van der Waals surface area contributed by atoms with Gasteiger partial charge in [-0.2, -0.15) is 9.65 Å². The molecule has 180 valence electrons. The van der Waals surface area contributed by atoms with E-state index in [0.717, 1.165) is 50.5 Å². The average Bonchev–Trinajstić information content (AvgIpc) is 2.84. The second-order valence-electron chi connectivity index (χ2n) is 8.43. The van der Waals surface area contributed by atoms with E-state index in [2.05, 4.69) is 27.1 Å². The van der Waals surface area contributed by atoms with Crippen molar-refractivity contribution in [2.24, 2.45) is 0 Å². The lowest BCUT2D eigenvalue weighted by atomic mass is 10.0. The van der Waals surface area contributed by atoms with Gasteiger partial charge in [-0.1, -0.05) is 31.5 Å². The Labute approximate surface area is 200 Å². The monoisotopic (exact) mass is 465 g/mol. The van der Waals surface area contributed by atoms with Crippen LogP contribution in [0.4, 0.5) is 4.39 Å². The van der Waals surface area contributed by atoms with Crippen LogP contribution in [0.2, 0.25) is 0 Å². The predicted octanol–water partition coefficient (Wildman–Crippen LogP) is 3.41. The molecule has 1 aliphatic heterocycles. The van der Waals surface area contributed by atoms with E-state index < -0.39 is 11.9 Å². The summed E-state index contributed by atoms with van der Waals surface area (Å²) in [5.41, 5.74) is 1.03. The molecule has 8 heteroatoms. The van der Waals surface area contributed by atoms with Gasteiger partial charge in [0.15, 0.2) is 0 Å². The van der Waals surface area contributed by atoms with E-state index in [-0.39, 0.29) is 17.3 Å². The van der Waals surface area contributed by atoms with Crippen LogP contribution in [-0.2, 0) is 4.79 Å². The normalized spacial score (nSPS) is 16.0.